The number of amides is 1. The van der Waals surface area contributed by atoms with Gasteiger partial charge in [0, 0.05) is 32.4 Å². The molecule has 0 aliphatic carbocycles. The third-order valence-electron chi connectivity index (χ3n) is 2.99. The summed E-state index contributed by atoms with van der Waals surface area (Å²) in [6.45, 7) is 3.83. The van der Waals surface area contributed by atoms with Crippen LogP contribution >= 0.6 is 0 Å². The number of aromatic nitrogens is 4. The lowest BCUT2D eigenvalue weighted by atomic mass is 10.2. The molecule has 0 radical (unpaired) electrons. The zero-order valence-electron chi connectivity index (χ0n) is 12.8. The smallest absolute Gasteiger partial charge is 0.332 e. The first-order valence-electron chi connectivity index (χ1n) is 7.04. The van der Waals surface area contributed by atoms with E-state index in [-0.39, 0.29) is 17.4 Å². The number of nitrogens with one attached hydrogen (secondary N) is 2. The van der Waals surface area contributed by atoms with Gasteiger partial charge in [0.2, 0.25) is 17.7 Å². The molecule has 0 spiro atoms. The van der Waals surface area contributed by atoms with Crippen LogP contribution in [0.25, 0.3) is 5.95 Å². The summed E-state index contributed by atoms with van der Waals surface area (Å²) in [6, 6.07) is 0. The van der Waals surface area contributed by atoms with Crippen molar-refractivity contribution in [2.75, 3.05) is 18.4 Å². The molecule has 2 aromatic heterocycles. The van der Waals surface area contributed by atoms with Gasteiger partial charge in [0.25, 0.3) is 0 Å². The van der Waals surface area contributed by atoms with Crippen molar-refractivity contribution in [2.24, 2.45) is 0 Å². The molecule has 0 fully saturated rings. The Bertz CT molecular complexity index is 700. The second kappa shape index (κ2) is 7.29. The minimum absolute atomic E-state index is 0.121. The molecule has 0 bridgehead atoms. The molecule has 10 heteroatoms. The van der Waals surface area contributed by atoms with E-state index in [0.29, 0.717) is 31.2 Å². The van der Waals surface area contributed by atoms with Gasteiger partial charge in [-0.1, -0.05) is 6.92 Å². The Hall–Kier alpha value is -3.04. The Morgan fingerprint density at radius 3 is 2.74 bits per heavy atom. The van der Waals surface area contributed by atoms with E-state index in [1.54, 1.807) is 23.9 Å². The second-order valence-corrected chi connectivity index (χ2v) is 4.66. The first-order chi connectivity index (χ1) is 11.0. The van der Waals surface area contributed by atoms with Crippen LogP contribution in [-0.2, 0) is 11.2 Å². The van der Waals surface area contributed by atoms with Gasteiger partial charge < -0.3 is 10.6 Å². The molecule has 0 aromatic carbocycles. The van der Waals surface area contributed by atoms with Crippen molar-refractivity contribution in [1.29, 1.82) is 0 Å². The van der Waals surface area contributed by atoms with Gasteiger partial charge in [-0.25, -0.2) is 9.97 Å². The second-order valence-electron chi connectivity index (χ2n) is 4.66. The van der Waals surface area contributed by atoms with Crippen LogP contribution in [0.5, 0.6) is 0 Å². The van der Waals surface area contributed by atoms with Crippen molar-refractivity contribution in [1.82, 2.24) is 24.8 Å². The van der Waals surface area contributed by atoms with E-state index in [0.717, 1.165) is 0 Å². The highest BCUT2D eigenvalue weighted by Gasteiger charge is 2.23. The normalized spacial score (nSPS) is 10.3. The summed E-state index contributed by atoms with van der Waals surface area (Å²) in [7, 11) is 0. The molecule has 23 heavy (non-hydrogen) atoms. The van der Waals surface area contributed by atoms with E-state index in [2.05, 4.69) is 25.6 Å². The number of carbonyl (C=O) groups excluding carboxylic acids is 1. The van der Waals surface area contributed by atoms with Crippen LogP contribution in [0.1, 0.15) is 19.5 Å². The van der Waals surface area contributed by atoms with Gasteiger partial charge in [-0.05, 0) is 6.42 Å². The Morgan fingerprint density at radius 1 is 1.39 bits per heavy atom. The summed E-state index contributed by atoms with van der Waals surface area (Å²) in [5.41, 5.74) is 0.176. The van der Waals surface area contributed by atoms with Gasteiger partial charge in [-0.15, -0.1) is 0 Å². The van der Waals surface area contributed by atoms with Gasteiger partial charge in [0.15, 0.2) is 0 Å². The van der Waals surface area contributed by atoms with E-state index in [9.17, 15) is 14.9 Å². The number of hydrogen-bond donors (Lipinski definition) is 2. The van der Waals surface area contributed by atoms with Crippen molar-refractivity contribution < 1.29 is 9.72 Å². The fourth-order valence-corrected chi connectivity index (χ4v) is 1.96. The molecule has 122 valence electrons. The molecule has 2 N–H and O–H groups in total. The first kappa shape index (κ1) is 16.3. The van der Waals surface area contributed by atoms with E-state index in [4.69, 9.17) is 0 Å². The van der Waals surface area contributed by atoms with Crippen LogP contribution in [0.2, 0.25) is 0 Å². The van der Waals surface area contributed by atoms with E-state index >= 15 is 0 Å². The van der Waals surface area contributed by atoms with Crippen molar-refractivity contribution >= 4 is 17.4 Å². The molecule has 10 nitrogen and oxygen atoms in total. The Labute approximate surface area is 132 Å². The van der Waals surface area contributed by atoms with Gasteiger partial charge in [-0.3, -0.25) is 19.5 Å². The van der Waals surface area contributed by atoms with Crippen molar-refractivity contribution in [3.63, 3.8) is 0 Å². The van der Waals surface area contributed by atoms with Crippen LogP contribution in [-0.4, -0.2) is 43.4 Å². The number of hydrogen-bond acceptors (Lipinski definition) is 7. The zero-order chi connectivity index (χ0) is 16.8. The zero-order valence-corrected chi connectivity index (χ0v) is 12.8. The predicted molar refractivity (Wildman–Crippen MR) is 82.4 cm³/mol. The van der Waals surface area contributed by atoms with E-state index in [1.807, 2.05) is 0 Å². The Balaban J connectivity index is 2.33. The average Bonchev–Trinajstić information content (AvgIpc) is 3.04. The molecule has 0 aliphatic heterocycles. The number of carbonyl (C=O) groups is 1. The number of aryl methyl sites for hydroxylation is 1. The van der Waals surface area contributed by atoms with Gasteiger partial charge >= 0.3 is 5.69 Å². The van der Waals surface area contributed by atoms with Crippen LogP contribution in [0.15, 0.2) is 18.7 Å². The highest BCUT2D eigenvalue weighted by atomic mass is 16.6. The summed E-state index contributed by atoms with van der Waals surface area (Å²) < 4.78 is 1.57. The van der Waals surface area contributed by atoms with Crippen LogP contribution < -0.4 is 10.6 Å². The molecular formula is C13H17N7O3. The monoisotopic (exact) mass is 319 g/mol. The summed E-state index contributed by atoms with van der Waals surface area (Å²) >= 11 is 0. The van der Waals surface area contributed by atoms with Crippen molar-refractivity contribution in [3.8, 4) is 5.95 Å². The van der Waals surface area contributed by atoms with Gasteiger partial charge in [-0.2, -0.15) is 4.98 Å². The number of imidazole rings is 1. The Morgan fingerprint density at radius 2 is 2.17 bits per heavy atom. The minimum atomic E-state index is -0.503. The quantitative estimate of drug-likeness (QED) is 0.436. The fourth-order valence-electron chi connectivity index (χ4n) is 1.96. The molecular weight excluding hydrogens is 302 g/mol. The maximum atomic E-state index is 11.3. The molecule has 0 atom stereocenters. The van der Waals surface area contributed by atoms with E-state index < -0.39 is 4.92 Å². The first-order valence-corrected chi connectivity index (χ1v) is 7.04. The largest absolute Gasteiger partial charge is 0.362 e. The summed E-state index contributed by atoms with van der Waals surface area (Å²) in [5, 5.41) is 16.8. The minimum Gasteiger partial charge on any atom is -0.362 e. The summed E-state index contributed by atoms with van der Waals surface area (Å²) in [5.74, 6) is 0.250. The maximum Gasteiger partial charge on any atom is 0.332 e. The summed E-state index contributed by atoms with van der Waals surface area (Å²) in [6.07, 6.45) is 5.13. The number of anilines is 1. The highest BCUT2D eigenvalue weighted by Crippen LogP contribution is 2.27. The SMILES string of the molecule is CCc1nc(-n2ccnc2)nc(NCCNC(C)=O)c1[N+](=O)[O-]. The molecule has 2 rings (SSSR count). The lowest BCUT2D eigenvalue weighted by Crippen LogP contribution is -2.27. The third-order valence-corrected chi connectivity index (χ3v) is 2.99. The van der Waals surface area contributed by atoms with Crippen LogP contribution in [0.4, 0.5) is 11.5 Å². The molecule has 0 unspecified atom stereocenters. The molecule has 0 saturated carbocycles. The standard InChI is InChI=1S/C13H17N7O3/c1-3-10-11(20(22)23)12(16-5-4-15-9(2)21)18-13(17-10)19-7-6-14-8-19/h6-8H,3-5H2,1-2H3,(H,15,21)(H,16,17,18). The van der Waals surface area contributed by atoms with Crippen LogP contribution in [0, 0.1) is 10.1 Å². The molecule has 1 amide bonds. The lowest BCUT2D eigenvalue weighted by Gasteiger charge is -2.11. The highest BCUT2D eigenvalue weighted by molar-refractivity contribution is 5.72. The molecule has 2 heterocycles. The maximum absolute atomic E-state index is 11.3. The molecule has 0 aliphatic rings. The predicted octanol–water partition coefficient (Wildman–Crippen LogP) is 0.681. The van der Waals surface area contributed by atoms with Crippen LogP contribution in [0.3, 0.4) is 0 Å². The number of nitro groups is 1. The molecule has 0 saturated heterocycles. The van der Waals surface area contributed by atoms with Crippen molar-refractivity contribution in [2.45, 2.75) is 20.3 Å². The van der Waals surface area contributed by atoms with Gasteiger partial charge in [0.1, 0.15) is 12.0 Å². The summed E-state index contributed by atoms with van der Waals surface area (Å²) in [4.78, 5) is 34.0. The molecule has 2 aromatic rings. The Kier molecular flexibility index (Phi) is 5.18. The fraction of sp³-hybridized carbons (Fsp3) is 0.385. The number of nitrogens with zero attached hydrogens (tertiary/aromatic N) is 5. The number of rotatable bonds is 7. The van der Waals surface area contributed by atoms with Crippen molar-refractivity contribution in [3.05, 3.63) is 34.5 Å². The lowest BCUT2D eigenvalue weighted by molar-refractivity contribution is -0.385. The van der Waals surface area contributed by atoms with E-state index in [1.165, 1.54) is 13.3 Å². The topological polar surface area (TPSA) is 128 Å². The third kappa shape index (κ3) is 3.99. The van der Waals surface area contributed by atoms with Gasteiger partial charge in [0.05, 0.1) is 4.92 Å². The average molecular weight is 319 g/mol.